The lowest BCUT2D eigenvalue weighted by Crippen LogP contribution is -2.46. The SMILES string of the molecule is COc1ccc(C(=O)CN2CCN(C)CC2)c(O)c1. The Morgan fingerprint density at radius 1 is 1.32 bits per heavy atom. The molecule has 104 valence electrons. The van der Waals surface area contributed by atoms with E-state index in [1.165, 1.54) is 13.2 Å². The van der Waals surface area contributed by atoms with Crippen molar-refractivity contribution in [3.63, 3.8) is 0 Å². The van der Waals surface area contributed by atoms with E-state index in [0.717, 1.165) is 26.2 Å². The van der Waals surface area contributed by atoms with E-state index in [2.05, 4.69) is 16.8 Å². The van der Waals surface area contributed by atoms with Crippen molar-refractivity contribution < 1.29 is 14.6 Å². The first-order valence-electron chi connectivity index (χ1n) is 6.41. The molecule has 1 aromatic carbocycles. The van der Waals surface area contributed by atoms with Crippen LogP contribution in [0.3, 0.4) is 0 Å². The van der Waals surface area contributed by atoms with Crippen LogP contribution in [-0.4, -0.2) is 67.6 Å². The number of benzene rings is 1. The maximum absolute atomic E-state index is 12.2. The number of Topliss-reactive ketones (excluding diaryl/α,β-unsaturated/α-hetero) is 1. The van der Waals surface area contributed by atoms with E-state index < -0.39 is 0 Å². The molecule has 0 aliphatic carbocycles. The maximum Gasteiger partial charge on any atom is 0.180 e. The molecule has 0 saturated carbocycles. The Balaban J connectivity index is 2.00. The number of aromatic hydroxyl groups is 1. The van der Waals surface area contributed by atoms with E-state index in [0.29, 0.717) is 17.9 Å². The molecule has 1 N–H and O–H groups in total. The molecule has 1 aliphatic rings. The largest absolute Gasteiger partial charge is 0.507 e. The Hall–Kier alpha value is -1.59. The van der Waals surface area contributed by atoms with Crippen molar-refractivity contribution in [1.82, 2.24) is 9.80 Å². The molecule has 19 heavy (non-hydrogen) atoms. The highest BCUT2D eigenvalue weighted by Crippen LogP contribution is 2.24. The van der Waals surface area contributed by atoms with Gasteiger partial charge in [-0.25, -0.2) is 0 Å². The Morgan fingerprint density at radius 2 is 2.00 bits per heavy atom. The standard InChI is InChI=1S/C14H20N2O3/c1-15-5-7-16(8-6-15)10-14(18)12-4-3-11(19-2)9-13(12)17/h3-4,9,17H,5-8,10H2,1-2H3. The second-order valence-electron chi connectivity index (χ2n) is 4.89. The number of likely N-dealkylation sites (N-methyl/N-ethyl adjacent to an activating group) is 1. The van der Waals surface area contributed by atoms with Crippen LogP contribution in [0.25, 0.3) is 0 Å². The van der Waals surface area contributed by atoms with Crippen molar-refractivity contribution in [3.05, 3.63) is 23.8 Å². The topological polar surface area (TPSA) is 53.0 Å². The smallest absolute Gasteiger partial charge is 0.180 e. The van der Waals surface area contributed by atoms with Crippen LogP contribution in [0.5, 0.6) is 11.5 Å². The summed E-state index contributed by atoms with van der Waals surface area (Å²) in [6.07, 6.45) is 0. The fraction of sp³-hybridized carbons (Fsp3) is 0.500. The number of ketones is 1. The Kier molecular flexibility index (Phi) is 4.39. The quantitative estimate of drug-likeness (QED) is 0.816. The van der Waals surface area contributed by atoms with Gasteiger partial charge in [-0.3, -0.25) is 9.69 Å². The van der Waals surface area contributed by atoms with Crippen molar-refractivity contribution in [1.29, 1.82) is 0 Å². The van der Waals surface area contributed by atoms with Crippen LogP contribution in [0.1, 0.15) is 10.4 Å². The van der Waals surface area contributed by atoms with E-state index >= 15 is 0 Å². The molecule has 1 heterocycles. The Bertz CT molecular complexity index is 454. The number of phenols is 1. The number of ether oxygens (including phenoxy) is 1. The third kappa shape index (κ3) is 3.45. The summed E-state index contributed by atoms with van der Waals surface area (Å²) in [5.41, 5.74) is 0.361. The number of rotatable bonds is 4. The van der Waals surface area contributed by atoms with Gasteiger partial charge in [-0.1, -0.05) is 0 Å². The fourth-order valence-corrected chi connectivity index (χ4v) is 2.17. The van der Waals surface area contributed by atoms with Gasteiger partial charge in [-0.15, -0.1) is 0 Å². The van der Waals surface area contributed by atoms with Gasteiger partial charge >= 0.3 is 0 Å². The molecule has 1 aromatic rings. The molecule has 1 fully saturated rings. The molecule has 5 heteroatoms. The second-order valence-corrected chi connectivity index (χ2v) is 4.89. The number of piperazine rings is 1. The first-order chi connectivity index (χ1) is 9.10. The molecule has 0 atom stereocenters. The third-order valence-electron chi connectivity index (χ3n) is 3.47. The average Bonchev–Trinajstić information content (AvgIpc) is 2.41. The zero-order valence-corrected chi connectivity index (χ0v) is 11.4. The number of hydrogen-bond acceptors (Lipinski definition) is 5. The highest BCUT2D eigenvalue weighted by molar-refractivity contribution is 6.00. The maximum atomic E-state index is 12.2. The van der Waals surface area contributed by atoms with Gasteiger partial charge < -0.3 is 14.7 Å². The summed E-state index contributed by atoms with van der Waals surface area (Å²) in [6.45, 7) is 4.08. The van der Waals surface area contributed by atoms with Crippen molar-refractivity contribution in [2.24, 2.45) is 0 Å². The number of methoxy groups -OCH3 is 1. The van der Waals surface area contributed by atoms with Crippen molar-refractivity contribution in [2.45, 2.75) is 0 Å². The van der Waals surface area contributed by atoms with Gasteiger partial charge in [0.15, 0.2) is 5.78 Å². The minimum absolute atomic E-state index is 0.0153. The van der Waals surface area contributed by atoms with Gasteiger partial charge in [0.1, 0.15) is 11.5 Å². The summed E-state index contributed by atoms with van der Waals surface area (Å²) >= 11 is 0. The summed E-state index contributed by atoms with van der Waals surface area (Å²) < 4.78 is 5.00. The monoisotopic (exact) mass is 264 g/mol. The zero-order valence-electron chi connectivity index (χ0n) is 11.4. The van der Waals surface area contributed by atoms with Crippen LogP contribution in [0.2, 0.25) is 0 Å². The Morgan fingerprint density at radius 3 is 2.58 bits per heavy atom. The molecule has 0 spiro atoms. The number of hydrogen-bond donors (Lipinski definition) is 1. The second kappa shape index (κ2) is 6.04. The zero-order chi connectivity index (χ0) is 13.8. The van der Waals surface area contributed by atoms with E-state index in [-0.39, 0.29) is 11.5 Å². The molecular formula is C14H20N2O3. The summed E-state index contributed by atoms with van der Waals surface area (Å²) in [7, 11) is 3.61. The molecule has 0 unspecified atom stereocenters. The van der Waals surface area contributed by atoms with Crippen LogP contribution in [0, 0.1) is 0 Å². The summed E-state index contributed by atoms with van der Waals surface area (Å²) in [6, 6.07) is 4.78. The molecular weight excluding hydrogens is 244 g/mol. The highest BCUT2D eigenvalue weighted by atomic mass is 16.5. The fourth-order valence-electron chi connectivity index (χ4n) is 2.17. The summed E-state index contributed by atoms with van der Waals surface area (Å²) in [5.74, 6) is 0.483. The molecule has 2 rings (SSSR count). The van der Waals surface area contributed by atoms with Gasteiger partial charge in [0.05, 0.1) is 19.2 Å². The molecule has 0 amide bonds. The van der Waals surface area contributed by atoms with E-state index in [9.17, 15) is 9.90 Å². The van der Waals surface area contributed by atoms with Gasteiger partial charge in [-0.05, 0) is 19.2 Å². The summed E-state index contributed by atoms with van der Waals surface area (Å²) in [4.78, 5) is 16.5. The first kappa shape index (κ1) is 13.8. The molecule has 0 bridgehead atoms. The number of nitrogens with zero attached hydrogens (tertiary/aromatic N) is 2. The molecule has 0 radical (unpaired) electrons. The van der Waals surface area contributed by atoms with Gasteiger partial charge in [-0.2, -0.15) is 0 Å². The van der Waals surface area contributed by atoms with Crippen molar-refractivity contribution in [3.8, 4) is 11.5 Å². The first-order valence-corrected chi connectivity index (χ1v) is 6.41. The van der Waals surface area contributed by atoms with E-state index in [1.807, 2.05) is 0 Å². The van der Waals surface area contributed by atoms with E-state index in [1.54, 1.807) is 12.1 Å². The van der Waals surface area contributed by atoms with Crippen molar-refractivity contribution >= 4 is 5.78 Å². The lowest BCUT2D eigenvalue weighted by Gasteiger charge is -2.31. The van der Waals surface area contributed by atoms with Crippen LogP contribution >= 0.6 is 0 Å². The Labute approximate surface area is 113 Å². The van der Waals surface area contributed by atoms with Crippen LogP contribution < -0.4 is 4.74 Å². The minimum Gasteiger partial charge on any atom is -0.507 e. The molecule has 1 aliphatic heterocycles. The predicted molar refractivity (Wildman–Crippen MR) is 72.9 cm³/mol. The van der Waals surface area contributed by atoms with E-state index in [4.69, 9.17) is 4.74 Å². The van der Waals surface area contributed by atoms with Gasteiger partial charge in [0.2, 0.25) is 0 Å². The van der Waals surface area contributed by atoms with Crippen LogP contribution in [0.15, 0.2) is 18.2 Å². The average molecular weight is 264 g/mol. The molecule has 0 aromatic heterocycles. The normalized spacial score (nSPS) is 17.4. The van der Waals surface area contributed by atoms with Gasteiger partial charge in [0.25, 0.3) is 0 Å². The third-order valence-corrected chi connectivity index (χ3v) is 3.47. The predicted octanol–water partition coefficient (Wildman–Crippen LogP) is 0.831. The molecule has 1 saturated heterocycles. The van der Waals surface area contributed by atoms with Gasteiger partial charge in [0, 0.05) is 32.2 Å². The number of phenolic OH excluding ortho intramolecular Hbond substituents is 1. The lowest BCUT2D eigenvalue weighted by molar-refractivity contribution is 0.0874. The molecule has 5 nitrogen and oxygen atoms in total. The number of carbonyl (C=O) groups is 1. The van der Waals surface area contributed by atoms with Crippen molar-refractivity contribution in [2.75, 3.05) is 46.9 Å². The lowest BCUT2D eigenvalue weighted by atomic mass is 10.1. The summed E-state index contributed by atoms with van der Waals surface area (Å²) in [5, 5.41) is 9.84. The number of carbonyl (C=O) groups excluding carboxylic acids is 1. The highest BCUT2D eigenvalue weighted by Gasteiger charge is 2.19. The van der Waals surface area contributed by atoms with Crippen LogP contribution in [0.4, 0.5) is 0 Å². The van der Waals surface area contributed by atoms with Crippen LogP contribution in [-0.2, 0) is 0 Å². The minimum atomic E-state index is -0.0512.